The second kappa shape index (κ2) is 17.5. The fraction of sp³-hybridized carbons (Fsp3) is 0.667. The van der Waals surface area contributed by atoms with Crippen molar-refractivity contribution in [1.29, 1.82) is 0 Å². The van der Waals surface area contributed by atoms with Crippen LogP contribution >= 0.6 is 0 Å². The molecule has 0 aliphatic heterocycles. The predicted octanol–water partition coefficient (Wildman–Crippen LogP) is 4.16. The van der Waals surface area contributed by atoms with Gasteiger partial charge in [0, 0.05) is 12.6 Å². The second-order valence-electron chi connectivity index (χ2n) is 7.84. The molecular formula is C24H41NO6. The molecule has 0 unspecified atom stereocenters. The van der Waals surface area contributed by atoms with Crippen molar-refractivity contribution in [2.24, 2.45) is 0 Å². The van der Waals surface area contributed by atoms with Crippen LogP contribution in [0, 0.1) is 20.8 Å². The molecule has 1 saturated carbocycles. The van der Waals surface area contributed by atoms with Crippen LogP contribution in [0.3, 0.4) is 0 Å². The van der Waals surface area contributed by atoms with Crippen molar-refractivity contribution in [3.05, 3.63) is 28.8 Å². The number of nitrogens with one attached hydrogen (secondary N) is 1. The molecule has 0 amide bonds. The van der Waals surface area contributed by atoms with Crippen LogP contribution in [-0.4, -0.2) is 50.6 Å². The van der Waals surface area contributed by atoms with Crippen molar-refractivity contribution >= 4 is 12.1 Å². The van der Waals surface area contributed by atoms with E-state index in [2.05, 4.69) is 38.2 Å². The van der Waals surface area contributed by atoms with Gasteiger partial charge in [0.15, 0.2) is 0 Å². The lowest BCUT2D eigenvalue weighted by Gasteiger charge is -2.19. The molecule has 178 valence electrons. The van der Waals surface area contributed by atoms with Crippen LogP contribution in [0.2, 0.25) is 0 Å². The molecule has 1 aromatic carbocycles. The minimum absolute atomic E-state index is 0.0453. The first kappa shape index (κ1) is 31.0. The highest BCUT2D eigenvalue weighted by Crippen LogP contribution is 2.20. The largest absolute Gasteiger partial charge is 0.497 e. The Morgan fingerprint density at radius 3 is 1.97 bits per heavy atom. The van der Waals surface area contributed by atoms with Crippen LogP contribution in [0.1, 0.15) is 64.2 Å². The van der Waals surface area contributed by atoms with Crippen molar-refractivity contribution in [3.8, 4) is 5.75 Å². The van der Waals surface area contributed by atoms with E-state index in [0.29, 0.717) is 12.6 Å². The van der Waals surface area contributed by atoms with Gasteiger partial charge < -0.3 is 19.5 Å². The molecule has 1 aliphatic carbocycles. The van der Waals surface area contributed by atoms with Gasteiger partial charge >= 0.3 is 12.1 Å². The van der Waals surface area contributed by atoms with Gasteiger partial charge in [-0.3, -0.25) is 0 Å². The Morgan fingerprint density at radius 2 is 1.58 bits per heavy atom. The van der Waals surface area contributed by atoms with Gasteiger partial charge in [-0.15, -0.1) is 0 Å². The zero-order valence-electron chi connectivity index (χ0n) is 20.7. The maximum Gasteiger partial charge on any atom is 0.373 e. The summed E-state index contributed by atoms with van der Waals surface area (Å²) in [5, 5.41) is 3.30. The summed E-state index contributed by atoms with van der Waals surface area (Å²) < 4.78 is 15.4. The van der Waals surface area contributed by atoms with Gasteiger partial charge in [-0.05, 0) is 83.2 Å². The van der Waals surface area contributed by atoms with Crippen LogP contribution in [0.5, 0.6) is 5.75 Å². The first-order valence-electron chi connectivity index (χ1n) is 10.7. The normalized spacial score (nSPS) is 11.9. The summed E-state index contributed by atoms with van der Waals surface area (Å²) in [5.74, 6) is 0.652. The molecule has 0 atom stereocenters. The third-order valence-corrected chi connectivity index (χ3v) is 4.03. The van der Waals surface area contributed by atoms with E-state index in [4.69, 9.17) is 23.8 Å². The first-order chi connectivity index (χ1) is 14.5. The average molecular weight is 440 g/mol. The number of hydrogen-bond donors (Lipinski definition) is 1. The van der Waals surface area contributed by atoms with E-state index in [1.54, 1.807) is 7.11 Å². The standard InChI is InChI=1S/C11H21NO3.C10H14O.C2H6.CO2/c1-11(2,3)15-10(13)8-14-7-6-12-9-4-5-9;1-7-5-10(11-4)6-8(2)9(7)3;1-2;2-1-3/h9,12H,4-8H2,1-3H3;5-6H,1-4H3;1-2H3;. The summed E-state index contributed by atoms with van der Waals surface area (Å²) in [7, 11) is 1.70. The maximum absolute atomic E-state index is 11.2. The molecule has 0 saturated heterocycles. The highest BCUT2D eigenvalue weighted by molar-refractivity contribution is 5.71. The van der Waals surface area contributed by atoms with Crippen LogP contribution in [0.15, 0.2) is 12.1 Å². The summed E-state index contributed by atoms with van der Waals surface area (Å²) in [6.07, 6.45) is 2.79. The number of ether oxygens (including phenoxy) is 3. The summed E-state index contributed by atoms with van der Waals surface area (Å²) >= 11 is 0. The van der Waals surface area contributed by atoms with Crippen LogP contribution in [0.4, 0.5) is 0 Å². The quantitative estimate of drug-likeness (QED) is 0.504. The van der Waals surface area contributed by atoms with E-state index in [1.807, 2.05) is 34.6 Å². The topological polar surface area (TPSA) is 90.9 Å². The van der Waals surface area contributed by atoms with E-state index >= 15 is 0 Å². The number of benzene rings is 1. The molecule has 1 fully saturated rings. The van der Waals surface area contributed by atoms with Crippen molar-refractivity contribution < 1.29 is 28.6 Å². The molecule has 31 heavy (non-hydrogen) atoms. The fourth-order valence-electron chi connectivity index (χ4n) is 2.26. The third-order valence-electron chi connectivity index (χ3n) is 4.03. The molecule has 0 radical (unpaired) electrons. The smallest absolute Gasteiger partial charge is 0.373 e. The Labute approximate surface area is 187 Å². The highest BCUT2D eigenvalue weighted by Gasteiger charge is 2.20. The molecule has 0 heterocycles. The van der Waals surface area contributed by atoms with E-state index in [-0.39, 0.29) is 18.7 Å². The van der Waals surface area contributed by atoms with Gasteiger partial charge in [0.1, 0.15) is 18.0 Å². The van der Waals surface area contributed by atoms with E-state index in [9.17, 15) is 4.79 Å². The van der Waals surface area contributed by atoms with Crippen molar-refractivity contribution in [2.75, 3.05) is 26.9 Å². The predicted molar refractivity (Wildman–Crippen MR) is 121 cm³/mol. The Balaban J connectivity index is 0. The number of carbonyl (C=O) groups is 1. The molecule has 0 bridgehead atoms. The lowest BCUT2D eigenvalue weighted by Crippen LogP contribution is -2.28. The lowest BCUT2D eigenvalue weighted by atomic mass is 10.0. The van der Waals surface area contributed by atoms with Crippen LogP contribution in [-0.2, 0) is 23.9 Å². The number of carbonyl (C=O) groups excluding carboxylic acids is 3. The highest BCUT2D eigenvalue weighted by atomic mass is 16.6. The molecule has 1 aromatic rings. The van der Waals surface area contributed by atoms with Crippen molar-refractivity contribution in [2.45, 2.75) is 79.9 Å². The number of methoxy groups -OCH3 is 1. The average Bonchev–Trinajstić information content (AvgIpc) is 3.51. The molecule has 7 heteroatoms. The molecule has 2 rings (SSSR count). The Hall–Kier alpha value is -2.21. The van der Waals surface area contributed by atoms with Gasteiger partial charge in [0.25, 0.3) is 0 Å². The SMILES string of the molecule is CC.CC(C)(C)OC(=O)COCCNC1CC1.COc1cc(C)c(C)c(C)c1.O=C=O. The summed E-state index contributed by atoms with van der Waals surface area (Å²) in [4.78, 5) is 27.5. The number of rotatable bonds is 7. The fourth-order valence-corrected chi connectivity index (χ4v) is 2.26. The van der Waals surface area contributed by atoms with Gasteiger partial charge in [-0.1, -0.05) is 13.8 Å². The minimum Gasteiger partial charge on any atom is -0.497 e. The second-order valence-corrected chi connectivity index (χ2v) is 7.84. The molecule has 0 aromatic heterocycles. The van der Waals surface area contributed by atoms with E-state index < -0.39 is 5.60 Å². The van der Waals surface area contributed by atoms with Crippen molar-refractivity contribution in [1.82, 2.24) is 5.32 Å². The zero-order valence-corrected chi connectivity index (χ0v) is 20.7. The Bertz CT molecular complexity index is 634. The first-order valence-corrected chi connectivity index (χ1v) is 10.7. The number of hydrogen-bond acceptors (Lipinski definition) is 7. The van der Waals surface area contributed by atoms with Crippen molar-refractivity contribution in [3.63, 3.8) is 0 Å². The third kappa shape index (κ3) is 18.3. The number of esters is 1. The molecular weight excluding hydrogens is 398 g/mol. The van der Waals surface area contributed by atoms with Gasteiger partial charge in [0.05, 0.1) is 13.7 Å². The molecule has 7 nitrogen and oxygen atoms in total. The number of aryl methyl sites for hydroxylation is 2. The van der Waals surface area contributed by atoms with Gasteiger partial charge in [-0.2, -0.15) is 9.59 Å². The maximum atomic E-state index is 11.2. The lowest BCUT2D eigenvalue weighted by molar-refractivity contribution is -0.191. The summed E-state index contributed by atoms with van der Waals surface area (Å²) in [5.41, 5.74) is 3.52. The van der Waals surface area contributed by atoms with Gasteiger partial charge in [-0.25, -0.2) is 4.79 Å². The minimum atomic E-state index is -0.424. The molecule has 1 aliphatic rings. The monoisotopic (exact) mass is 439 g/mol. The van der Waals surface area contributed by atoms with E-state index in [1.165, 1.54) is 29.5 Å². The van der Waals surface area contributed by atoms with Crippen LogP contribution < -0.4 is 10.1 Å². The zero-order chi connectivity index (χ0) is 24.4. The van der Waals surface area contributed by atoms with E-state index in [0.717, 1.165) is 12.3 Å². The summed E-state index contributed by atoms with van der Waals surface area (Å²) in [6.45, 7) is 17.3. The van der Waals surface area contributed by atoms with Crippen LogP contribution in [0.25, 0.3) is 0 Å². The van der Waals surface area contributed by atoms with Gasteiger partial charge in [0.2, 0.25) is 0 Å². The Morgan fingerprint density at radius 1 is 1.10 bits per heavy atom. The molecule has 1 N–H and O–H groups in total. The summed E-state index contributed by atoms with van der Waals surface area (Å²) in [6, 6.07) is 4.81. The Kier molecular flexibility index (Phi) is 17.5. The molecule has 0 spiro atoms.